The highest BCUT2D eigenvalue weighted by atomic mass is 15.1. The van der Waals surface area contributed by atoms with Gasteiger partial charge in [0.25, 0.3) is 0 Å². The van der Waals surface area contributed by atoms with Crippen LogP contribution in [0.3, 0.4) is 0 Å². The van der Waals surface area contributed by atoms with Gasteiger partial charge in [-0.3, -0.25) is 4.90 Å². The van der Waals surface area contributed by atoms with Crippen LogP contribution in [0.5, 0.6) is 0 Å². The summed E-state index contributed by atoms with van der Waals surface area (Å²) >= 11 is 0. The Balaban J connectivity index is 2.38. The Morgan fingerprint density at radius 3 is 2.58 bits per heavy atom. The third-order valence-electron chi connectivity index (χ3n) is 2.42. The summed E-state index contributed by atoms with van der Waals surface area (Å²) in [6.07, 6.45) is 9.18. The lowest BCUT2D eigenvalue weighted by Crippen LogP contribution is -2.25. The van der Waals surface area contributed by atoms with Crippen molar-refractivity contribution in [2.24, 2.45) is 0 Å². The monoisotopic (exact) mass is 165 g/mol. The molecular weight excluding hydrogens is 146 g/mol. The standard InChI is InChI=1S/C11H19N/c1-3-12(4-2)10-11-8-6-5-7-9-11/h5-6,8H,3-4,7,9-10H2,1-2H3. The number of likely N-dealkylation sites (N-methyl/N-ethyl adjacent to an activating group) is 1. The minimum atomic E-state index is 1.16. The molecule has 0 saturated heterocycles. The Bertz CT molecular complexity index is 175. The van der Waals surface area contributed by atoms with Gasteiger partial charge in [0.15, 0.2) is 0 Å². The van der Waals surface area contributed by atoms with Crippen LogP contribution >= 0.6 is 0 Å². The van der Waals surface area contributed by atoms with Crippen LogP contribution in [0.25, 0.3) is 0 Å². The molecular formula is C11H19N. The van der Waals surface area contributed by atoms with Gasteiger partial charge < -0.3 is 0 Å². The lowest BCUT2D eigenvalue weighted by atomic mass is 10.0. The molecule has 0 N–H and O–H groups in total. The van der Waals surface area contributed by atoms with E-state index in [0.29, 0.717) is 0 Å². The quantitative estimate of drug-likeness (QED) is 0.619. The third-order valence-corrected chi connectivity index (χ3v) is 2.42. The molecule has 0 aromatic carbocycles. The van der Waals surface area contributed by atoms with E-state index < -0.39 is 0 Å². The van der Waals surface area contributed by atoms with Gasteiger partial charge in [-0.2, -0.15) is 0 Å². The highest BCUT2D eigenvalue weighted by Gasteiger charge is 2.03. The van der Waals surface area contributed by atoms with Crippen molar-refractivity contribution in [1.82, 2.24) is 4.90 Å². The summed E-state index contributed by atoms with van der Waals surface area (Å²) in [6.45, 7) is 7.94. The Morgan fingerprint density at radius 1 is 1.33 bits per heavy atom. The summed E-state index contributed by atoms with van der Waals surface area (Å²) in [7, 11) is 0. The number of allylic oxidation sites excluding steroid dienone is 3. The van der Waals surface area contributed by atoms with Crippen LogP contribution < -0.4 is 0 Å². The van der Waals surface area contributed by atoms with E-state index in [1.807, 2.05) is 0 Å². The second kappa shape index (κ2) is 5.15. The largest absolute Gasteiger partial charge is 0.300 e. The van der Waals surface area contributed by atoms with E-state index >= 15 is 0 Å². The van der Waals surface area contributed by atoms with E-state index in [0.717, 1.165) is 19.6 Å². The van der Waals surface area contributed by atoms with E-state index in [9.17, 15) is 0 Å². The van der Waals surface area contributed by atoms with Gasteiger partial charge in [0.1, 0.15) is 0 Å². The molecule has 0 aliphatic heterocycles. The first-order valence-electron chi connectivity index (χ1n) is 4.93. The van der Waals surface area contributed by atoms with Crippen LogP contribution in [0, 0.1) is 0 Å². The lowest BCUT2D eigenvalue weighted by Gasteiger charge is -2.20. The maximum absolute atomic E-state index is 2.46. The number of hydrogen-bond acceptors (Lipinski definition) is 1. The van der Waals surface area contributed by atoms with Gasteiger partial charge in [-0.15, -0.1) is 0 Å². The van der Waals surface area contributed by atoms with Crippen molar-refractivity contribution in [1.29, 1.82) is 0 Å². The van der Waals surface area contributed by atoms with Crippen LogP contribution in [0.1, 0.15) is 26.7 Å². The van der Waals surface area contributed by atoms with Crippen molar-refractivity contribution in [2.75, 3.05) is 19.6 Å². The molecule has 0 aromatic heterocycles. The smallest absolute Gasteiger partial charge is 0.0195 e. The second-order valence-corrected chi connectivity index (χ2v) is 3.25. The van der Waals surface area contributed by atoms with Gasteiger partial charge in [0.2, 0.25) is 0 Å². The van der Waals surface area contributed by atoms with Gasteiger partial charge in [0.05, 0.1) is 0 Å². The van der Waals surface area contributed by atoms with Gasteiger partial charge in [-0.25, -0.2) is 0 Å². The fourth-order valence-electron chi connectivity index (χ4n) is 1.52. The Kier molecular flexibility index (Phi) is 4.09. The molecule has 0 spiro atoms. The van der Waals surface area contributed by atoms with E-state index in [1.165, 1.54) is 12.8 Å². The molecule has 1 heteroatoms. The fourth-order valence-corrected chi connectivity index (χ4v) is 1.52. The van der Waals surface area contributed by atoms with Crippen molar-refractivity contribution in [3.8, 4) is 0 Å². The molecule has 12 heavy (non-hydrogen) atoms. The van der Waals surface area contributed by atoms with Crippen molar-refractivity contribution in [3.63, 3.8) is 0 Å². The van der Waals surface area contributed by atoms with E-state index in [2.05, 4.69) is 37.0 Å². The first kappa shape index (κ1) is 9.53. The molecule has 0 saturated carbocycles. The summed E-state index contributed by atoms with van der Waals surface area (Å²) in [6, 6.07) is 0. The minimum absolute atomic E-state index is 1.16. The predicted octanol–water partition coefficient (Wildman–Crippen LogP) is 2.60. The molecule has 1 aliphatic rings. The maximum Gasteiger partial charge on any atom is 0.0195 e. The topological polar surface area (TPSA) is 3.24 Å². The Morgan fingerprint density at radius 2 is 2.08 bits per heavy atom. The third kappa shape index (κ3) is 2.82. The van der Waals surface area contributed by atoms with E-state index in [-0.39, 0.29) is 0 Å². The van der Waals surface area contributed by atoms with Crippen LogP contribution in [-0.4, -0.2) is 24.5 Å². The molecule has 0 heterocycles. The van der Waals surface area contributed by atoms with E-state index in [4.69, 9.17) is 0 Å². The molecule has 0 bridgehead atoms. The van der Waals surface area contributed by atoms with Crippen LogP contribution in [0.4, 0.5) is 0 Å². The van der Waals surface area contributed by atoms with Gasteiger partial charge in [0, 0.05) is 6.54 Å². The van der Waals surface area contributed by atoms with Crippen LogP contribution in [0.2, 0.25) is 0 Å². The fraction of sp³-hybridized carbons (Fsp3) is 0.636. The first-order valence-corrected chi connectivity index (χ1v) is 4.93. The van der Waals surface area contributed by atoms with Crippen LogP contribution in [-0.2, 0) is 0 Å². The van der Waals surface area contributed by atoms with Crippen molar-refractivity contribution < 1.29 is 0 Å². The average Bonchev–Trinajstić information content (AvgIpc) is 2.16. The SMILES string of the molecule is CCN(CC)CC1=CC=CCC1. The Labute approximate surface area is 75.8 Å². The maximum atomic E-state index is 2.46. The molecule has 0 aromatic rings. The molecule has 0 fully saturated rings. The van der Waals surface area contributed by atoms with Gasteiger partial charge >= 0.3 is 0 Å². The van der Waals surface area contributed by atoms with Crippen LogP contribution in [0.15, 0.2) is 23.8 Å². The zero-order valence-corrected chi connectivity index (χ0v) is 8.21. The van der Waals surface area contributed by atoms with Gasteiger partial charge in [-0.05, 0) is 25.9 Å². The second-order valence-electron chi connectivity index (χ2n) is 3.25. The average molecular weight is 165 g/mol. The molecule has 0 radical (unpaired) electrons. The normalized spacial score (nSPS) is 16.8. The first-order chi connectivity index (χ1) is 5.86. The molecule has 1 nitrogen and oxygen atoms in total. The lowest BCUT2D eigenvalue weighted by molar-refractivity contribution is 0.326. The zero-order chi connectivity index (χ0) is 8.81. The highest BCUT2D eigenvalue weighted by Crippen LogP contribution is 2.12. The summed E-state index contributed by atoms with van der Waals surface area (Å²) in [5.74, 6) is 0. The predicted molar refractivity (Wildman–Crippen MR) is 54.2 cm³/mol. The Hall–Kier alpha value is -0.560. The van der Waals surface area contributed by atoms with Crippen molar-refractivity contribution in [2.45, 2.75) is 26.7 Å². The number of hydrogen-bond donors (Lipinski definition) is 0. The number of nitrogens with zero attached hydrogens (tertiary/aromatic N) is 1. The molecule has 0 atom stereocenters. The summed E-state index contributed by atoms with van der Waals surface area (Å²) < 4.78 is 0. The van der Waals surface area contributed by atoms with Crippen molar-refractivity contribution >= 4 is 0 Å². The summed E-state index contributed by atoms with van der Waals surface area (Å²) in [4.78, 5) is 2.46. The van der Waals surface area contributed by atoms with Gasteiger partial charge in [-0.1, -0.05) is 37.6 Å². The molecule has 0 unspecified atom stereocenters. The molecule has 1 aliphatic carbocycles. The molecule has 68 valence electrons. The van der Waals surface area contributed by atoms with E-state index in [1.54, 1.807) is 5.57 Å². The highest BCUT2D eigenvalue weighted by molar-refractivity contribution is 5.18. The minimum Gasteiger partial charge on any atom is -0.300 e. The zero-order valence-electron chi connectivity index (χ0n) is 8.21. The number of rotatable bonds is 4. The van der Waals surface area contributed by atoms with Crippen molar-refractivity contribution in [3.05, 3.63) is 23.8 Å². The summed E-state index contributed by atoms with van der Waals surface area (Å²) in [5, 5.41) is 0. The summed E-state index contributed by atoms with van der Waals surface area (Å²) in [5.41, 5.74) is 1.58. The molecule has 0 amide bonds. The molecule has 1 rings (SSSR count).